The molecule has 0 spiro atoms. The topological polar surface area (TPSA) is 59.6 Å². The van der Waals surface area contributed by atoms with Gasteiger partial charge in [-0.2, -0.15) is 9.97 Å². The summed E-state index contributed by atoms with van der Waals surface area (Å²) < 4.78 is 0. The Morgan fingerprint density at radius 3 is 2.24 bits per heavy atom. The predicted octanol–water partition coefficient (Wildman–Crippen LogP) is 4.96. The molecule has 1 atom stereocenters. The second kappa shape index (κ2) is 12.9. The minimum absolute atomic E-state index is 0.571. The van der Waals surface area contributed by atoms with Crippen LogP contribution in [0.2, 0.25) is 0 Å². The van der Waals surface area contributed by atoms with Crippen molar-refractivity contribution in [3.05, 3.63) is 72.3 Å². The number of thiocarbonyl (C=S) groups is 1. The maximum absolute atomic E-state index is 5.62. The average Bonchev–Trinajstić information content (AvgIpc) is 2.96. The third kappa shape index (κ3) is 7.13. The van der Waals surface area contributed by atoms with Crippen LogP contribution in [0.15, 0.2) is 66.7 Å². The van der Waals surface area contributed by atoms with Crippen LogP contribution in [0.25, 0.3) is 0 Å². The fourth-order valence-electron chi connectivity index (χ4n) is 5.32. The molecule has 8 heteroatoms. The largest absolute Gasteiger partial charge is 0.368 e. The summed E-state index contributed by atoms with van der Waals surface area (Å²) in [6, 6.07) is 23.4. The van der Waals surface area contributed by atoms with Crippen molar-refractivity contribution in [2.45, 2.75) is 32.6 Å². The lowest BCUT2D eigenvalue weighted by Gasteiger charge is -2.37. The van der Waals surface area contributed by atoms with Gasteiger partial charge < -0.3 is 25.3 Å². The molecule has 2 fully saturated rings. The Bertz CT molecular complexity index is 1170. The number of nitrogens with one attached hydrogen (secondary N) is 2. The third-order valence-electron chi connectivity index (χ3n) is 7.40. The highest BCUT2D eigenvalue weighted by Crippen LogP contribution is 2.27. The van der Waals surface area contributed by atoms with E-state index in [2.05, 4.69) is 99.0 Å². The SMILES string of the molecule is C[C@H]1CCCN(c2cc(N3CCN(c4ccccc4)CC3)nc(NC(=S)NCCCc3ccccc3)n2)C1. The number of hydrogen-bond acceptors (Lipinski definition) is 6. The summed E-state index contributed by atoms with van der Waals surface area (Å²) in [5, 5.41) is 7.19. The van der Waals surface area contributed by atoms with Gasteiger partial charge in [-0.05, 0) is 61.5 Å². The maximum atomic E-state index is 5.62. The number of para-hydroxylation sites is 1. The van der Waals surface area contributed by atoms with E-state index in [9.17, 15) is 0 Å². The van der Waals surface area contributed by atoms with Gasteiger partial charge in [-0.3, -0.25) is 0 Å². The predicted molar refractivity (Wildman–Crippen MR) is 162 cm³/mol. The highest BCUT2D eigenvalue weighted by atomic mass is 32.1. The van der Waals surface area contributed by atoms with Gasteiger partial charge in [0.05, 0.1) is 0 Å². The van der Waals surface area contributed by atoms with Crippen LogP contribution in [-0.4, -0.2) is 60.9 Å². The first kappa shape index (κ1) is 26.2. The van der Waals surface area contributed by atoms with E-state index < -0.39 is 0 Å². The van der Waals surface area contributed by atoms with Gasteiger partial charge in [0.15, 0.2) is 5.11 Å². The fourth-order valence-corrected chi connectivity index (χ4v) is 5.51. The average molecular weight is 530 g/mol. The summed E-state index contributed by atoms with van der Waals surface area (Å²) in [7, 11) is 0. The highest BCUT2D eigenvalue weighted by molar-refractivity contribution is 7.80. The first-order valence-corrected chi connectivity index (χ1v) is 14.3. The zero-order valence-electron chi connectivity index (χ0n) is 22.4. The van der Waals surface area contributed by atoms with Crippen molar-refractivity contribution in [2.24, 2.45) is 5.92 Å². The van der Waals surface area contributed by atoms with E-state index >= 15 is 0 Å². The van der Waals surface area contributed by atoms with Crippen LogP contribution in [0.3, 0.4) is 0 Å². The first-order valence-electron chi connectivity index (χ1n) is 13.9. The molecule has 2 saturated heterocycles. The van der Waals surface area contributed by atoms with Crippen LogP contribution in [-0.2, 0) is 6.42 Å². The Balaban J connectivity index is 1.24. The van der Waals surface area contributed by atoms with E-state index in [1.807, 2.05) is 0 Å². The monoisotopic (exact) mass is 529 g/mol. The van der Waals surface area contributed by atoms with Gasteiger partial charge >= 0.3 is 0 Å². The highest BCUT2D eigenvalue weighted by Gasteiger charge is 2.23. The smallest absolute Gasteiger partial charge is 0.232 e. The lowest BCUT2D eigenvalue weighted by Crippen LogP contribution is -2.47. The summed E-state index contributed by atoms with van der Waals surface area (Å²) >= 11 is 5.62. The molecule has 1 aromatic heterocycles. The molecule has 7 nitrogen and oxygen atoms in total. The molecule has 0 amide bonds. The maximum Gasteiger partial charge on any atom is 0.232 e. The summed E-state index contributed by atoms with van der Waals surface area (Å²) in [6.45, 7) is 8.96. The molecule has 2 N–H and O–H groups in total. The molecule has 0 radical (unpaired) electrons. The van der Waals surface area contributed by atoms with Crippen LogP contribution < -0.4 is 25.3 Å². The van der Waals surface area contributed by atoms with E-state index in [0.29, 0.717) is 17.0 Å². The van der Waals surface area contributed by atoms with E-state index in [-0.39, 0.29) is 0 Å². The molecule has 2 aliphatic heterocycles. The van der Waals surface area contributed by atoms with Crippen molar-refractivity contribution in [3.8, 4) is 0 Å². The third-order valence-corrected chi connectivity index (χ3v) is 7.65. The standard InChI is InChI=1S/C30H39N7S/c1-24-10-9-17-37(23-24)28-22-27(36-20-18-35(19-21-36)26-14-6-3-7-15-26)32-29(33-28)34-30(38)31-16-8-13-25-11-4-2-5-12-25/h2-7,11-12,14-15,22,24H,8-10,13,16-21,23H2,1H3,(H2,31,32,33,34,38)/t24-/m0/s1. The lowest BCUT2D eigenvalue weighted by atomic mass is 10.0. The van der Waals surface area contributed by atoms with Crippen molar-refractivity contribution in [1.82, 2.24) is 15.3 Å². The molecule has 0 aliphatic carbocycles. The molecule has 38 heavy (non-hydrogen) atoms. The van der Waals surface area contributed by atoms with Crippen molar-refractivity contribution < 1.29 is 0 Å². The molecule has 0 bridgehead atoms. The van der Waals surface area contributed by atoms with E-state index in [0.717, 1.165) is 70.3 Å². The minimum Gasteiger partial charge on any atom is -0.368 e. The number of anilines is 4. The van der Waals surface area contributed by atoms with Crippen molar-refractivity contribution in [3.63, 3.8) is 0 Å². The first-order chi connectivity index (χ1) is 18.6. The van der Waals surface area contributed by atoms with E-state index in [1.165, 1.54) is 24.1 Å². The Kier molecular flexibility index (Phi) is 8.91. The lowest BCUT2D eigenvalue weighted by molar-refractivity contribution is 0.444. The Labute approximate surface area is 232 Å². The van der Waals surface area contributed by atoms with Crippen LogP contribution in [0.4, 0.5) is 23.3 Å². The van der Waals surface area contributed by atoms with Gasteiger partial charge in [0, 0.05) is 57.6 Å². The second-order valence-electron chi connectivity index (χ2n) is 10.4. The van der Waals surface area contributed by atoms with Crippen molar-refractivity contribution in [1.29, 1.82) is 0 Å². The normalized spacial score (nSPS) is 17.8. The van der Waals surface area contributed by atoms with Crippen molar-refractivity contribution in [2.75, 3.05) is 65.8 Å². The number of piperidine rings is 1. The quantitative estimate of drug-likeness (QED) is 0.314. The summed E-state index contributed by atoms with van der Waals surface area (Å²) in [6.07, 6.45) is 4.50. The van der Waals surface area contributed by atoms with Crippen LogP contribution in [0.1, 0.15) is 31.7 Å². The minimum atomic E-state index is 0.571. The van der Waals surface area contributed by atoms with Crippen LogP contribution >= 0.6 is 12.2 Å². The number of nitrogens with zero attached hydrogens (tertiary/aromatic N) is 5. The van der Waals surface area contributed by atoms with E-state index in [1.54, 1.807) is 0 Å². The number of rotatable bonds is 8. The molecule has 2 aromatic carbocycles. The van der Waals surface area contributed by atoms with Gasteiger partial charge in [0.2, 0.25) is 5.95 Å². The Morgan fingerprint density at radius 2 is 1.53 bits per heavy atom. The van der Waals surface area contributed by atoms with Crippen LogP contribution in [0, 0.1) is 5.92 Å². The Hall–Kier alpha value is -3.39. The van der Waals surface area contributed by atoms with Gasteiger partial charge in [-0.1, -0.05) is 55.5 Å². The van der Waals surface area contributed by atoms with Crippen LogP contribution in [0.5, 0.6) is 0 Å². The molecular weight excluding hydrogens is 490 g/mol. The summed E-state index contributed by atoms with van der Waals surface area (Å²) in [5.41, 5.74) is 2.63. The van der Waals surface area contributed by atoms with Gasteiger partial charge in [-0.25, -0.2) is 0 Å². The van der Waals surface area contributed by atoms with Gasteiger partial charge in [0.1, 0.15) is 11.6 Å². The molecule has 0 saturated carbocycles. The fraction of sp³-hybridized carbons (Fsp3) is 0.433. The van der Waals surface area contributed by atoms with Crippen molar-refractivity contribution >= 4 is 40.6 Å². The number of aromatic nitrogens is 2. The number of piperazine rings is 1. The number of aryl methyl sites for hydroxylation is 1. The zero-order chi connectivity index (χ0) is 26.2. The van der Waals surface area contributed by atoms with Gasteiger partial charge in [-0.15, -0.1) is 0 Å². The summed E-state index contributed by atoms with van der Waals surface area (Å²) in [5.74, 6) is 3.19. The van der Waals surface area contributed by atoms with E-state index in [4.69, 9.17) is 22.2 Å². The Morgan fingerprint density at radius 1 is 0.868 bits per heavy atom. The zero-order valence-corrected chi connectivity index (χ0v) is 23.2. The summed E-state index contributed by atoms with van der Waals surface area (Å²) in [4.78, 5) is 17.0. The number of hydrogen-bond donors (Lipinski definition) is 2. The second-order valence-corrected chi connectivity index (χ2v) is 10.8. The molecule has 3 aromatic rings. The molecule has 2 aliphatic rings. The molecule has 0 unspecified atom stereocenters. The molecule has 3 heterocycles. The number of benzene rings is 2. The molecule has 200 valence electrons. The molecule has 5 rings (SSSR count). The van der Waals surface area contributed by atoms with Gasteiger partial charge in [0.25, 0.3) is 0 Å². The molecular formula is C30H39N7S.